The molecule has 5 heteroatoms. The van der Waals surface area contributed by atoms with Gasteiger partial charge in [0.15, 0.2) is 0 Å². The molecule has 20 heavy (non-hydrogen) atoms. The van der Waals surface area contributed by atoms with Crippen LogP contribution in [-0.4, -0.2) is 28.6 Å². The molecule has 0 saturated heterocycles. The minimum absolute atomic E-state index is 0.0349. The zero-order valence-corrected chi connectivity index (χ0v) is 12.3. The highest BCUT2D eigenvalue weighted by molar-refractivity contribution is 5.76. The van der Waals surface area contributed by atoms with Crippen molar-refractivity contribution in [1.29, 1.82) is 0 Å². The van der Waals surface area contributed by atoms with Gasteiger partial charge in [0, 0.05) is 12.6 Å². The van der Waals surface area contributed by atoms with Crippen molar-refractivity contribution in [2.45, 2.75) is 46.1 Å². The maximum atomic E-state index is 12.9. The SMILES string of the molecule is CC(C)(C)CC(CO)NC(=O)CCc1cncc(F)c1. The third-order valence-corrected chi connectivity index (χ3v) is 2.85. The number of aliphatic hydroxyl groups is 1. The molecular weight excluding hydrogens is 259 g/mol. The number of halogens is 1. The molecule has 1 aromatic rings. The highest BCUT2D eigenvalue weighted by Crippen LogP contribution is 2.20. The van der Waals surface area contributed by atoms with Gasteiger partial charge in [-0.25, -0.2) is 4.39 Å². The molecule has 1 aromatic heterocycles. The van der Waals surface area contributed by atoms with E-state index in [2.05, 4.69) is 31.1 Å². The lowest BCUT2D eigenvalue weighted by Crippen LogP contribution is -2.40. The molecule has 112 valence electrons. The predicted octanol–water partition coefficient (Wildman–Crippen LogP) is 2.07. The van der Waals surface area contributed by atoms with E-state index in [-0.39, 0.29) is 30.4 Å². The van der Waals surface area contributed by atoms with Crippen LogP contribution < -0.4 is 5.32 Å². The third-order valence-electron chi connectivity index (χ3n) is 2.85. The summed E-state index contributed by atoms with van der Waals surface area (Å²) in [7, 11) is 0. The minimum atomic E-state index is -0.399. The number of hydrogen-bond acceptors (Lipinski definition) is 3. The van der Waals surface area contributed by atoms with Gasteiger partial charge in [-0.15, -0.1) is 0 Å². The lowest BCUT2D eigenvalue weighted by atomic mass is 9.88. The zero-order chi connectivity index (χ0) is 15.2. The van der Waals surface area contributed by atoms with Crippen LogP contribution in [0.3, 0.4) is 0 Å². The van der Waals surface area contributed by atoms with Gasteiger partial charge in [-0.05, 0) is 29.9 Å². The molecule has 0 bridgehead atoms. The van der Waals surface area contributed by atoms with Crippen LogP contribution in [0.4, 0.5) is 4.39 Å². The van der Waals surface area contributed by atoms with Gasteiger partial charge in [0.25, 0.3) is 0 Å². The fourth-order valence-electron chi connectivity index (χ4n) is 2.05. The number of aromatic nitrogens is 1. The van der Waals surface area contributed by atoms with Crippen LogP contribution >= 0.6 is 0 Å². The summed E-state index contributed by atoms with van der Waals surface area (Å²) in [6, 6.07) is 1.13. The number of pyridine rings is 1. The number of nitrogens with one attached hydrogen (secondary N) is 1. The fraction of sp³-hybridized carbons (Fsp3) is 0.600. The summed E-state index contributed by atoms with van der Waals surface area (Å²) in [5.74, 6) is -0.540. The summed E-state index contributed by atoms with van der Waals surface area (Å²) in [6.45, 7) is 6.09. The van der Waals surface area contributed by atoms with Gasteiger partial charge < -0.3 is 10.4 Å². The number of carbonyl (C=O) groups is 1. The molecule has 0 spiro atoms. The molecule has 1 unspecified atom stereocenters. The third kappa shape index (κ3) is 6.61. The number of nitrogens with zero attached hydrogens (tertiary/aromatic N) is 1. The van der Waals surface area contributed by atoms with Gasteiger partial charge in [0.1, 0.15) is 5.82 Å². The van der Waals surface area contributed by atoms with E-state index < -0.39 is 5.82 Å². The number of carbonyl (C=O) groups excluding carboxylic acids is 1. The van der Waals surface area contributed by atoms with Gasteiger partial charge in [-0.3, -0.25) is 9.78 Å². The van der Waals surface area contributed by atoms with Crippen LogP contribution in [0, 0.1) is 11.2 Å². The van der Waals surface area contributed by atoms with Gasteiger partial charge >= 0.3 is 0 Å². The summed E-state index contributed by atoms with van der Waals surface area (Å²) >= 11 is 0. The number of aryl methyl sites for hydroxylation is 1. The average Bonchev–Trinajstić information content (AvgIpc) is 2.34. The molecule has 0 saturated carbocycles. The van der Waals surface area contributed by atoms with E-state index in [0.29, 0.717) is 18.4 Å². The van der Waals surface area contributed by atoms with Crippen molar-refractivity contribution in [3.63, 3.8) is 0 Å². The summed E-state index contributed by atoms with van der Waals surface area (Å²) in [6.07, 6.45) is 4.08. The van der Waals surface area contributed by atoms with Crippen molar-refractivity contribution in [3.05, 3.63) is 29.8 Å². The van der Waals surface area contributed by atoms with Crippen LogP contribution in [0.5, 0.6) is 0 Å². The van der Waals surface area contributed by atoms with Crippen molar-refractivity contribution in [1.82, 2.24) is 10.3 Å². The summed E-state index contributed by atoms with van der Waals surface area (Å²) in [4.78, 5) is 15.6. The lowest BCUT2D eigenvalue weighted by Gasteiger charge is -2.25. The largest absolute Gasteiger partial charge is 0.394 e. The van der Waals surface area contributed by atoms with Crippen LogP contribution in [0.25, 0.3) is 0 Å². The quantitative estimate of drug-likeness (QED) is 0.839. The Morgan fingerprint density at radius 3 is 2.70 bits per heavy atom. The highest BCUT2D eigenvalue weighted by atomic mass is 19.1. The number of aliphatic hydroxyl groups excluding tert-OH is 1. The van der Waals surface area contributed by atoms with Crippen molar-refractivity contribution < 1.29 is 14.3 Å². The Hall–Kier alpha value is -1.49. The zero-order valence-electron chi connectivity index (χ0n) is 12.3. The van der Waals surface area contributed by atoms with Gasteiger partial charge in [0.2, 0.25) is 5.91 Å². The van der Waals surface area contributed by atoms with Gasteiger partial charge in [0.05, 0.1) is 18.8 Å². The lowest BCUT2D eigenvalue weighted by molar-refractivity contribution is -0.122. The molecule has 0 fully saturated rings. The molecule has 2 N–H and O–H groups in total. The second-order valence-electron chi connectivity index (χ2n) is 6.22. The van der Waals surface area contributed by atoms with E-state index in [1.807, 2.05) is 0 Å². The van der Waals surface area contributed by atoms with Crippen LogP contribution in [-0.2, 0) is 11.2 Å². The summed E-state index contributed by atoms with van der Waals surface area (Å²) in [5.41, 5.74) is 0.726. The number of hydrogen-bond donors (Lipinski definition) is 2. The Labute approximate surface area is 119 Å². The first-order chi connectivity index (χ1) is 9.30. The standard InChI is InChI=1S/C15H23FN2O2/c1-15(2,3)7-13(10-19)18-14(20)5-4-11-6-12(16)9-17-8-11/h6,8-9,13,19H,4-5,7,10H2,1-3H3,(H,18,20). The molecular formula is C15H23FN2O2. The van der Waals surface area contributed by atoms with Crippen molar-refractivity contribution in [2.75, 3.05) is 6.61 Å². The molecule has 1 rings (SSSR count). The Balaban J connectivity index is 2.42. The molecule has 0 aliphatic rings. The highest BCUT2D eigenvalue weighted by Gasteiger charge is 2.19. The Morgan fingerprint density at radius 1 is 1.45 bits per heavy atom. The van der Waals surface area contributed by atoms with Crippen molar-refractivity contribution in [2.24, 2.45) is 5.41 Å². The van der Waals surface area contributed by atoms with Crippen LogP contribution in [0.1, 0.15) is 39.2 Å². The molecule has 1 atom stereocenters. The first-order valence-corrected chi connectivity index (χ1v) is 6.80. The van der Waals surface area contributed by atoms with E-state index in [1.165, 1.54) is 6.07 Å². The molecule has 0 aliphatic carbocycles. The van der Waals surface area contributed by atoms with Crippen molar-refractivity contribution >= 4 is 5.91 Å². The summed E-state index contributed by atoms with van der Waals surface area (Å²) < 4.78 is 12.9. The topological polar surface area (TPSA) is 62.2 Å². The minimum Gasteiger partial charge on any atom is -0.394 e. The van der Waals surface area contributed by atoms with Crippen LogP contribution in [0.15, 0.2) is 18.5 Å². The Morgan fingerprint density at radius 2 is 2.15 bits per heavy atom. The van der Waals surface area contributed by atoms with Gasteiger partial charge in [-0.1, -0.05) is 20.8 Å². The van der Waals surface area contributed by atoms with E-state index in [9.17, 15) is 14.3 Å². The maximum absolute atomic E-state index is 12.9. The van der Waals surface area contributed by atoms with Crippen LogP contribution in [0.2, 0.25) is 0 Å². The van der Waals surface area contributed by atoms with E-state index >= 15 is 0 Å². The molecule has 1 amide bonds. The maximum Gasteiger partial charge on any atom is 0.220 e. The Bertz CT molecular complexity index is 444. The average molecular weight is 282 g/mol. The van der Waals surface area contributed by atoms with E-state index in [0.717, 1.165) is 6.20 Å². The molecule has 0 aromatic carbocycles. The second-order valence-corrected chi connectivity index (χ2v) is 6.22. The first kappa shape index (κ1) is 16.6. The predicted molar refractivity (Wildman–Crippen MR) is 75.6 cm³/mol. The first-order valence-electron chi connectivity index (χ1n) is 6.80. The normalized spacial score (nSPS) is 13.1. The monoisotopic (exact) mass is 282 g/mol. The van der Waals surface area contributed by atoms with E-state index in [1.54, 1.807) is 6.20 Å². The molecule has 1 heterocycles. The molecule has 0 aliphatic heterocycles. The van der Waals surface area contributed by atoms with Gasteiger partial charge in [-0.2, -0.15) is 0 Å². The van der Waals surface area contributed by atoms with E-state index in [4.69, 9.17) is 0 Å². The fourth-order valence-corrected chi connectivity index (χ4v) is 2.05. The number of amides is 1. The molecule has 0 radical (unpaired) electrons. The second kappa shape index (κ2) is 7.33. The molecule has 4 nitrogen and oxygen atoms in total. The number of rotatable bonds is 6. The smallest absolute Gasteiger partial charge is 0.220 e. The summed E-state index contributed by atoms with van der Waals surface area (Å²) in [5, 5.41) is 12.1. The Kier molecular flexibility index (Phi) is 6.07. The van der Waals surface area contributed by atoms with Crippen molar-refractivity contribution in [3.8, 4) is 0 Å².